The van der Waals surface area contributed by atoms with Gasteiger partial charge in [-0.15, -0.1) is 0 Å². The summed E-state index contributed by atoms with van der Waals surface area (Å²) in [6, 6.07) is 4.80. The van der Waals surface area contributed by atoms with Gasteiger partial charge in [-0.2, -0.15) is 0 Å². The first kappa shape index (κ1) is 17.5. The summed E-state index contributed by atoms with van der Waals surface area (Å²) in [5, 5.41) is 2.85. The second-order valence-electron chi connectivity index (χ2n) is 7.17. The lowest BCUT2D eigenvalue weighted by Crippen LogP contribution is -2.40. The number of amides is 4. The van der Waals surface area contributed by atoms with Crippen molar-refractivity contribution in [2.45, 2.75) is 58.0 Å². The number of anilines is 1. The van der Waals surface area contributed by atoms with Crippen molar-refractivity contribution in [1.82, 2.24) is 9.80 Å². The van der Waals surface area contributed by atoms with Gasteiger partial charge in [0.15, 0.2) is 0 Å². The molecule has 1 heterocycles. The van der Waals surface area contributed by atoms with Crippen LogP contribution in [0.4, 0.5) is 10.5 Å². The van der Waals surface area contributed by atoms with Gasteiger partial charge in [-0.3, -0.25) is 14.5 Å². The molecule has 0 atom stereocenters. The topological polar surface area (TPSA) is 69.7 Å². The third-order valence-electron chi connectivity index (χ3n) is 5.13. The monoisotopic (exact) mass is 343 g/mol. The van der Waals surface area contributed by atoms with Gasteiger partial charge in [-0.1, -0.05) is 19.3 Å². The number of nitrogens with one attached hydrogen (secondary N) is 1. The lowest BCUT2D eigenvalue weighted by atomic mass is 9.95. The van der Waals surface area contributed by atoms with E-state index in [-0.39, 0.29) is 29.9 Å². The highest BCUT2D eigenvalue weighted by atomic mass is 16.2. The Hall–Kier alpha value is -2.37. The van der Waals surface area contributed by atoms with Crippen molar-refractivity contribution >= 4 is 23.5 Å². The maximum absolute atomic E-state index is 12.5. The van der Waals surface area contributed by atoms with Crippen molar-refractivity contribution in [3.63, 3.8) is 0 Å². The second-order valence-corrected chi connectivity index (χ2v) is 7.17. The van der Waals surface area contributed by atoms with Crippen LogP contribution in [-0.4, -0.2) is 46.8 Å². The molecule has 6 heteroatoms. The van der Waals surface area contributed by atoms with Crippen molar-refractivity contribution < 1.29 is 14.4 Å². The molecule has 1 aromatic carbocycles. The summed E-state index contributed by atoms with van der Waals surface area (Å²) in [5.41, 5.74) is 1.30. The van der Waals surface area contributed by atoms with Crippen LogP contribution in [-0.2, 0) is 0 Å². The maximum atomic E-state index is 12.5. The summed E-state index contributed by atoms with van der Waals surface area (Å²) in [6.45, 7) is 3.62. The predicted molar refractivity (Wildman–Crippen MR) is 95.7 cm³/mol. The fourth-order valence-corrected chi connectivity index (χ4v) is 3.65. The number of benzene rings is 1. The minimum Gasteiger partial charge on any atom is -0.325 e. The molecule has 6 nitrogen and oxygen atoms in total. The van der Waals surface area contributed by atoms with Gasteiger partial charge in [0, 0.05) is 24.8 Å². The van der Waals surface area contributed by atoms with Gasteiger partial charge < -0.3 is 10.2 Å². The van der Waals surface area contributed by atoms with E-state index in [4.69, 9.17) is 0 Å². The van der Waals surface area contributed by atoms with Gasteiger partial charge >= 0.3 is 6.03 Å². The summed E-state index contributed by atoms with van der Waals surface area (Å²) in [7, 11) is 1.81. The first-order valence-corrected chi connectivity index (χ1v) is 8.96. The van der Waals surface area contributed by atoms with Crippen LogP contribution >= 0.6 is 0 Å². The van der Waals surface area contributed by atoms with E-state index in [1.165, 1.54) is 11.3 Å². The number of hydrogen-bond donors (Lipinski definition) is 1. The Morgan fingerprint density at radius 3 is 2.40 bits per heavy atom. The van der Waals surface area contributed by atoms with E-state index < -0.39 is 0 Å². The second kappa shape index (κ2) is 6.86. The van der Waals surface area contributed by atoms with Gasteiger partial charge in [-0.25, -0.2) is 4.79 Å². The quantitative estimate of drug-likeness (QED) is 0.854. The molecule has 134 valence electrons. The van der Waals surface area contributed by atoms with Crippen LogP contribution in [0.25, 0.3) is 0 Å². The molecule has 1 saturated carbocycles. The summed E-state index contributed by atoms with van der Waals surface area (Å²) < 4.78 is 0. The van der Waals surface area contributed by atoms with Crippen molar-refractivity contribution in [2.75, 3.05) is 12.4 Å². The lowest BCUT2D eigenvalue weighted by Gasteiger charge is -2.31. The molecule has 3 rings (SSSR count). The molecule has 0 spiro atoms. The van der Waals surface area contributed by atoms with Crippen molar-refractivity contribution in [3.05, 3.63) is 29.3 Å². The van der Waals surface area contributed by atoms with Crippen LogP contribution in [0, 0.1) is 0 Å². The molecule has 1 N–H and O–H groups in total. The van der Waals surface area contributed by atoms with E-state index in [1.54, 1.807) is 23.1 Å². The Bertz CT molecular complexity index is 708. The Labute approximate surface area is 148 Å². The minimum absolute atomic E-state index is 0.177. The van der Waals surface area contributed by atoms with Crippen LogP contribution in [0.15, 0.2) is 18.2 Å². The number of imide groups is 1. The minimum atomic E-state index is -0.299. The van der Waals surface area contributed by atoms with E-state index in [2.05, 4.69) is 5.32 Å². The van der Waals surface area contributed by atoms with Gasteiger partial charge in [0.2, 0.25) is 0 Å². The molecule has 0 radical (unpaired) electrons. The molecule has 0 bridgehead atoms. The summed E-state index contributed by atoms with van der Waals surface area (Å²) in [6.07, 6.45) is 5.61. The predicted octanol–water partition coefficient (Wildman–Crippen LogP) is 3.49. The fraction of sp³-hybridized carbons (Fsp3) is 0.526. The molecule has 0 aromatic heterocycles. The lowest BCUT2D eigenvalue weighted by molar-refractivity contribution is 0.0609. The molecule has 1 aliphatic heterocycles. The summed E-state index contributed by atoms with van der Waals surface area (Å²) >= 11 is 0. The average Bonchev–Trinajstić information content (AvgIpc) is 2.85. The number of rotatable bonds is 3. The van der Waals surface area contributed by atoms with E-state index in [0.29, 0.717) is 16.8 Å². The van der Waals surface area contributed by atoms with Gasteiger partial charge in [0.1, 0.15) is 0 Å². The van der Waals surface area contributed by atoms with E-state index >= 15 is 0 Å². The highest BCUT2D eigenvalue weighted by molar-refractivity contribution is 6.22. The summed E-state index contributed by atoms with van der Waals surface area (Å²) in [5.74, 6) is -0.570. The third-order valence-corrected chi connectivity index (χ3v) is 5.13. The Morgan fingerprint density at radius 1 is 1.12 bits per heavy atom. The first-order valence-electron chi connectivity index (χ1n) is 8.96. The molecule has 0 unspecified atom stereocenters. The number of hydrogen-bond acceptors (Lipinski definition) is 3. The van der Waals surface area contributed by atoms with Gasteiger partial charge in [0.25, 0.3) is 11.8 Å². The van der Waals surface area contributed by atoms with Gasteiger partial charge in [0.05, 0.1) is 11.1 Å². The SMILES string of the molecule is CC(C)N1C(=O)c2ccc(NC(=O)N(C)C3CCCCC3)cc2C1=O. The fourth-order valence-electron chi connectivity index (χ4n) is 3.65. The Kier molecular flexibility index (Phi) is 4.79. The zero-order valence-corrected chi connectivity index (χ0v) is 15.0. The Morgan fingerprint density at radius 2 is 1.76 bits per heavy atom. The smallest absolute Gasteiger partial charge is 0.321 e. The van der Waals surface area contributed by atoms with Crippen LogP contribution < -0.4 is 5.32 Å². The largest absolute Gasteiger partial charge is 0.325 e. The van der Waals surface area contributed by atoms with Crippen molar-refractivity contribution in [3.8, 4) is 0 Å². The normalized spacial score (nSPS) is 17.8. The molecular weight excluding hydrogens is 318 g/mol. The molecular formula is C19H25N3O3. The van der Waals surface area contributed by atoms with Crippen LogP contribution in [0.3, 0.4) is 0 Å². The molecule has 25 heavy (non-hydrogen) atoms. The first-order chi connectivity index (χ1) is 11.9. The molecule has 1 aromatic rings. The number of fused-ring (bicyclic) bond motifs is 1. The molecule has 4 amide bonds. The van der Waals surface area contributed by atoms with Crippen LogP contribution in [0.5, 0.6) is 0 Å². The molecule has 0 saturated heterocycles. The number of carbonyl (C=O) groups excluding carboxylic acids is 3. The van der Waals surface area contributed by atoms with E-state index in [0.717, 1.165) is 25.7 Å². The van der Waals surface area contributed by atoms with E-state index in [1.807, 2.05) is 20.9 Å². The van der Waals surface area contributed by atoms with E-state index in [9.17, 15) is 14.4 Å². The molecule has 1 aliphatic carbocycles. The standard InChI is InChI=1S/C19H25N3O3/c1-12(2)22-17(23)15-10-9-13(11-16(15)18(22)24)20-19(25)21(3)14-7-5-4-6-8-14/h9-12,14H,4-8H2,1-3H3,(H,20,25). The van der Waals surface area contributed by atoms with Crippen molar-refractivity contribution in [1.29, 1.82) is 0 Å². The van der Waals surface area contributed by atoms with Crippen molar-refractivity contribution in [2.24, 2.45) is 0 Å². The van der Waals surface area contributed by atoms with Crippen LogP contribution in [0.1, 0.15) is 66.7 Å². The maximum Gasteiger partial charge on any atom is 0.321 e. The highest BCUT2D eigenvalue weighted by Gasteiger charge is 2.37. The zero-order valence-electron chi connectivity index (χ0n) is 15.0. The van der Waals surface area contributed by atoms with Gasteiger partial charge in [-0.05, 0) is 44.9 Å². The molecule has 1 fully saturated rings. The molecule has 2 aliphatic rings. The average molecular weight is 343 g/mol. The number of urea groups is 1. The Balaban J connectivity index is 1.74. The number of carbonyl (C=O) groups is 3. The third kappa shape index (κ3) is 3.25. The van der Waals surface area contributed by atoms with Crippen LogP contribution in [0.2, 0.25) is 0 Å². The zero-order chi connectivity index (χ0) is 18.1. The summed E-state index contributed by atoms with van der Waals surface area (Å²) in [4.78, 5) is 40.2. The number of nitrogens with zero attached hydrogens (tertiary/aromatic N) is 2. The highest BCUT2D eigenvalue weighted by Crippen LogP contribution is 2.28.